The topological polar surface area (TPSA) is 35.5 Å². The zero-order valence-corrected chi connectivity index (χ0v) is 5.55. The van der Waals surface area contributed by atoms with Gasteiger partial charge in [0.1, 0.15) is 0 Å². The van der Waals surface area contributed by atoms with Crippen LogP contribution in [0.25, 0.3) is 0 Å². The molecule has 0 N–H and O–H groups in total. The van der Waals surface area contributed by atoms with Crippen LogP contribution in [0, 0.1) is 0 Å². The van der Waals surface area contributed by atoms with Gasteiger partial charge in [-0.1, -0.05) is 0 Å². The molecule has 0 aliphatic rings. The summed E-state index contributed by atoms with van der Waals surface area (Å²) < 4.78 is 74.7. The summed E-state index contributed by atoms with van der Waals surface area (Å²) in [6, 6.07) is 0. The zero-order chi connectivity index (χ0) is 8.79. The summed E-state index contributed by atoms with van der Waals surface area (Å²) in [5, 5.41) is 0. The molecule has 0 radical (unpaired) electrons. The van der Waals surface area contributed by atoms with Crippen molar-refractivity contribution in [1.82, 2.24) is 0 Å². The molecule has 0 aromatic carbocycles. The first-order valence-electron chi connectivity index (χ1n) is 1.68. The van der Waals surface area contributed by atoms with E-state index in [1.807, 2.05) is 0 Å². The summed E-state index contributed by atoms with van der Waals surface area (Å²) in [5.41, 5.74) is 0. The van der Waals surface area contributed by atoms with Crippen LogP contribution in [0.15, 0.2) is 0 Å². The molecule has 0 atom stereocenters. The molecule has 11 heavy (non-hydrogen) atoms. The Morgan fingerprint density at radius 2 is 1.09 bits per heavy atom. The van der Waals surface area contributed by atoms with E-state index in [1.165, 1.54) is 0 Å². The molecule has 0 heterocycles. The van der Waals surface area contributed by atoms with E-state index >= 15 is 0 Å². The van der Waals surface area contributed by atoms with Crippen molar-refractivity contribution in [2.75, 3.05) is 0 Å². The summed E-state index contributed by atoms with van der Waals surface area (Å²) in [6.07, 6.45) is 0. The van der Waals surface area contributed by atoms with Crippen LogP contribution in [0.4, 0.5) is 21.4 Å². The summed E-state index contributed by atoms with van der Waals surface area (Å²) in [4.78, 5) is 0. The van der Waals surface area contributed by atoms with Crippen molar-refractivity contribution in [3.8, 4) is 0 Å². The van der Waals surface area contributed by atoms with Crippen molar-refractivity contribution in [2.45, 2.75) is 0 Å². The fraction of sp³-hybridized carbons (Fsp3) is 0. The van der Waals surface area contributed by atoms with Gasteiger partial charge in [0.15, 0.2) is 0 Å². The molecule has 0 rings (SSSR count). The fourth-order valence-corrected chi connectivity index (χ4v) is 0.0491. The van der Waals surface area contributed by atoms with Crippen molar-refractivity contribution in [3.05, 3.63) is 0 Å². The number of rotatable bonds is 2. The van der Waals surface area contributed by atoms with E-state index in [0.717, 1.165) is 0 Å². The van der Waals surface area contributed by atoms with Gasteiger partial charge in [-0.3, -0.25) is 0 Å². The van der Waals surface area contributed by atoms with Gasteiger partial charge in [0.05, 0.1) is 0 Å². The summed E-state index contributed by atoms with van der Waals surface area (Å²) >= 11 is -12.4. The summed E-state index contributed by atoms with van der Waals surface area (Å²) in [7, 11) is 0. The molecule has 0 aromatic rings. The molecule has 0 saturated heterocycles. The molecule has 11 heteroatoms. The van der Waals surface area contributed by atoms with Gasteiger partial charge in [-0.05, 0) is 0 Å². The SMILES string of the molecule is [KH].[O]=[Ti]([F])([F])([F])([F])([O]F)[O]F. The molecule has 0 unspecified atom stereocenters. The quantitative estimate of drug-likeness (QED) is 0.551. The number of hydrogen-bond donors (Lipinski definition) is 0. The van der Waals surface area contributed by atoms with Crippen LogP contribution in [-0.4, -0.2) is 51.4 Å². The van der Waals surface area contributed by atoms with E-state index < -0.39 is 15.6 Å². The van der Waals surface area contributed by atoms with E-state index in [4.69, 9.17) is 3.32 Å². The second-order valence-corrected chi connectivity index (χ2v) is 7.25. The van der Waals surface area contributed by atoms with Crippen LogP contribution < -0.4 is 0 Å². The summed E-state index contributed by atoms with van der Waals surface area (Å²) in [6.45, 7) is 0. The molecule has 0 bridgehead atoms. The third-order valence-corrected chi connectivity index (χ3v) is 1.48. The second-order valence-electron chi connectivity index (χ2n) is 1.76. The van der Waals surface area contributed by atoms with Crippen molar-refractivity contribution in [3.63, 3.8) is 0 Å². The van der Waals surface area contributed by atoms with Gasteiger partial charge in [0.2, 0.25) is 0 Å². The molecule has 0 saturated carbocycles. The average molecular weight is 250 g/mol. The Hall–Kier alpha value is 1.65. The number of hydrogen-bond acceptors (Lipinski definition) is 3. The second kappa shape index (κ2) is 2.17. The molecule has 0 aromatic heterocycles. The van der Waals surface area contributed by atoms with E-state index in [9.17, 15) is 21.4 Å². The minimum atomic E-state index is -12.4. The maximum atomic E-state index is 11.0. The Morgan fingerprint density at radius 3 is 1.09 bits per heavy atom. The van der Waals surface area contributed by atoms with Gasteiger partial charge in [0.25, 0.3) is 0 Å². The Bertz CT molecular complexity index is 239. The van der Waals surface area contributed by atoms with E-state index in [1.54, 1.807) is 0 Å². The van der Waals surface area contributed by atoms with E-state index in [0.29, 0.717) is 7.05 Å². The molecule has 66 valence electrons. The van der Waals surface area contributed by atoms with Crippen LogP contribution >= 0.6 is 0 Å². The maximum absolute atomic E-state index is 12.4. The van der Waals surface area contributed by atoms with Gasteiger partial charge in [-0.15, -0.1) is 0 Å². The predicted octanol–water partition coefficient (Wildman–Crippen LogP) is 1.61. The Balaban J connectivity index is 0. The van der Waals surface area contributed by atoms with Gasteiger partial charge < -0.3 is 0 Å². The van der Waals surface area contributed by atoms with Gasteiger partial charge in [0, 0.05) is 0 Å². The Labute approximate surface area is 97.2 Å². The van der Waals surface area contributed by atoms with Crippen molar-refractivity contribution < 1.29 is 47.4 Å². The third-order valence-electron chi connectivity index (χ3n) is 0.359. The molecule has 0 amide bonds. The van der Waals surface area contributed by atoms with Crippen molar-refractivity contribution >= 4 is 51.4 Å². The first kappa shape index (κ1) is 15.1. The van der Waals surface area contributed by atoms with Gasteiger partial charge in [-0.2, -0.15) is 0 Å². The van der Waals surface area contributed by atoms with E-state index in [-0.39, 0.29) is 51.4 Å². The van der Waals surface area contributed by atoms with Crippen LogP contribution in [0.5, 0.6) is 0 Å². The van der Waals surface area contributed by atoms with Crippen LogP contribution in [0.1, 0.15) is 0 Å². The number of halogens is 6. The Morgan fingerprint density at radius 1 is 0.909 bits per heavy atom. The zero-order valence-electron chi connectivity index (χ0n) is 3.99. The standard InChI is InChI=1S/2FO.4FH.K.O.Ti.H/c2*1-2;;;;;;;;/h;;4*1H;;;;/q2*-1;;;;;;;+6;/p-4. The summed E-state index contributed by atoms with van der Waals surface area (Å²) in [5.74, 6) is 0. The molecule has 0 fully saturated rings. The molecule has 0 spiro atoms. The molecule has 0 aliphatic carbocycles. The fourth-order valence-electron chi connectivity index (χ4n) is 0.0119. The van der Waals surface area contributed by atoms with E-state index in [2.05, 4.69) is 0 Å². The average Bonchev–Trinajstić information content (AvgIpc) is 1.66. The monoisotopic (exact) mass is 250 g/mol. The predicted molar refractivity (Wildman–Crippen MR) is 16.7 cm³/mol. The first-order chi connectivity index (χ1) is 3.84. The Kier molecular flexibility index (Phi) is 2.99. The van der Waals surface area contributed by atoms with Crippen LogP contribution in [0.2, 0.25) is 0 Å². The first-order valence-corrected chi connectivity index (χ1v) is 5.95. The molecule has 0 aliphatic heterocycles. The molecular formula is HF6KO3Ti. The van der Waals surface area contributed by atoms with Gasteiger partial charge in [-0.25, -0.2) is 0 Å². The van der Waals surface area contributed by atoms with Crippen LogP contribution in [-0.2, 0) is 26.0 Å². The normalized spacial score (nSPS) is 21.8. The van der Waals surface area contributed by atoms with Crippen molar-refractivity contribution in [2.24, 2.45) is 0 Å². The minimum absolute atomic E-state index is 0. The van der Waals surface area contributed by atoms with Gasteiger partial charge >= 0.3 is 98.8 Å². The van der Waals surface area contributed by atoms with Crippen LogP contribution in [0.3, 0.4) is 0 Å². The molecule has 3 nitrogen and oxygen atoms in total. The molecular weight excluding hydrogens is 249 g/mol. The third kappa shape index (κ3) is 5.82. The van der Waals surface area contributed by atoms with Crippen molar-refractivity contribution in [1.29, 1.82) is 0 Å².